The lowest BCUT2D eigenvalue weighted by Gasteiger charge is -2.37. The second kappa shape index (κ2) is 6.37. The van der Waals surface area contributed by atoms with Gasteiger partial charge in [0.15, 0.2) is 11.4 Å². The van der Waals surface area contributed by atoms with Crippen molar-refractivity contribution >= 4 is 17.6 Å². The number of hydrogen-bond donors (Lipinski definition) is 3. The molecule has 0 aromatic heterocycles. The number of phenolic OH excluding ortho intramolecular Hbond substituents is 2. The highest BCUT2D eigenvalue weighted by Gasteiger charge is 2.54. The number of fused-ring (bicyclic) bond motifs is 6. The number of carbonyl (C=O) groups excluding carboxylic acids is 2. The lowest BCUT2D eigenvalue weighted by atomic mass is 9.77. The van der Waals surface area contributed by atoms with Crippen LogP contribution in [0.1, 0.15) is 34.0 Å². The Morgan fingerprint density at radius 1 is 1.03 bits per heavy atom. The summed E-state index contributed by atoms with van der Waals surface area (Å²) in [5, 5.41) is 23.1. The molecule has 0 fully saturated rings. The molecule has 1 atom stereocenters. The van der Waals surface area contributed by atoms with Crippen molar-refractivity contribution in [1.82, 2.24) is 0 Å². The summed E-state index contributed by atoms with van der Waals surface area (Å²) in [5.41, 5.74) is 0.811. The number of phenols is 2. The van der Waals surface area contributed by atoms with Crippen molar-refractivity contribution in [3.63, 3.8) is 0 Å². The standard InChI is InChI=1S/C24H17NO6/c1-12(2)22(28)25-20-18(27)10-9-17-21(20)30-19-11-13(26)7-8-16(19)24(17)15-6-4-3-5-14(15)23(29)31-24/h3-11,26-27H,1H2,2H3,(H,25,28). The Morgan fingerprint density at radius 2 is 1.77 bits per heavy atom. The molecule has 1 unspecified atom stereocenters. The van der Waals surface area contributed by atoms with Crippen molar-refractivity contribution in [2.24, 2.45) is 0 Å². The lowest BCUT2D eigenvalue weighted by Crippen LogP contribution is -2.33. The number of ether oxygens (including phenoxy) is 2. The first-order valence-electron chi connectivity index (χ1n) is 9.50. The third kappa shape index (κ3) is 2.53. The van der Waals surface area contributed by atoms with Crippen LogP contribution in [0.25, 0.3) is 0 Å². The smallest absolute Gasteiger partial charge is 0.340 e. The number of hydrogen-bond acceptors (Lipinski definition) is 6. The molecule has 1 spiro atoms. The number of rotatable bonds is 2. The van der Waals surface area contributed by atoms with Gasteiger partial charge < -0.3 is 25.0 Å². The molecule has 0 saturated heterocycles. The van der Waals surface area contributed by atoms with Crippen LogP contribution >= 0.6 is 0 Å². The molecule has 1 amide bonds. The largest absolute Gasteiger partial charge is 0.508 e. The zero-order chi connectivity index (χ0) is 21.9. The van der Waals surface area contributed by atoms with E-state index in [0.29, 0.717) is 22.3 Å². The van der Waals surface area contributed by atoms with Gasteiger partial charge in [-0.2, -0.15) is 0 Å². The molecule has 31 heavy (non-hydrogen) atoms. The fourth-order valence-corrected chi connectivity index (χ4v) is 4.06. The van der Waals surface area contributed by atoms with Crippen molar-refractivity contribution in [2.75, 3.05) is 5.32 Å². The van der Waals surface area contributed by atoms with E-state index in [2.05, 4.69) is 11.9 Å². The Kier molecular flexibility index (Phi) is 3.85. The summed E-state index contributed by atoms with van der Waals surface area (Å²) in [6.07, 6.45) is 0. The number of esters is 1. The molecule has 2 aliphatic heterocycles. The van der Waals surface area contributed by atoms with Crippen LogP contribution in [-0.4, -0.2) is 22.1 Å². The minimum Gasteiger partial charge on any atom is -0.508 e. The van der Waals surface area contributed by atoms with Gasteiger partial charge in [0.2, 0.25) is 0 Å². The molecule has 0 radical (unpaired) electrons. The quantitative estimate of drug-likeness (QED) is 0.329. The van der Waals surface area contributed by atoms with Gasteiger partial charge in [-0.3, -0.25) is 4.79 Å². The predicted octanol–water partition coefficient (Wildman–Crippen LogP) is 4.18. The monoisotopic (exact) mass is 415 g/mol. The highest BCUT2D eigenvalue weighted by molar-refractivity contribution is 6.05. The minimum absolute atomic E-state index is 0.0132. The van der Waals surface area contributed by atoms with Crippen LogP contribution in [0.4, 0.5) is 5.69 Å². The SMILES string of the molecule is C=C(C)C(=O)Nc1c(O)ccc2c1Oc1cc(O)ccc1C21OC(=O)c2ccccc21. The van der Waals surface area contributed by atoms with E-state index in [-0.39, 0.29) is 34.3 Å². The van der Waals surface area contributed by atoms with E-state index in [4.69, 9.17) is 9.47 Å². The van der Waals surface area contributed by atoms with Crippen LogP contribution < -0.4 is 10.1 Å². The van der Waals surface area contributed by atoms with Gasteiger partial charge in [0, 0.05) is 22.8 Å². The molecule has 3 N–H and O–H groups in total. The van der Waals surface area contributed by atoms with Gasteiger partial charge in [0.25, 0.3) is 5.91 Å². The molecule has 3 aromatic rings. The zero-order valence-electron chi connectivity index (χ0n) is 16.4. The Labute approximate surface area is 177 Å². The average molecular weight is 415 g/mol. The van der Waals surface area contributed by atoms with E-state index in [1.807, 2.05) is 0 Å². The third-order valence-corrected chi connectivity index (χ3v) is 5.47. The maximum atomic E-state index is 12.8. The first kappa shape index (κ1) is 18.7. The Hall–Kier alpha value is -4.26. The first-order valence-corrected chi connectivity index (χ1v) is 9.50. The summed E-state index contributed by atoms with van der Waals surface area (Å²) in [7, 11) is 0. The normalized spacial score (nSPS) is 17.8. The van der Waals surface area contributed by atoms with Crippen LogP contribution in [-0.2, 0) is 15.1 Å². The van der Waals surface area contributed by atoms with Crippen LogP contribution in [0.15, 0.2) is 66.7 Å². The van der Waals surface area contributed by atoms with E-state index in [0.717, 1.165) is 0 Å². The Balaban J connectivity index is 1.84. The molecule has 5 rings (SSSR count). The van der Waals surface area contributed by atoms with Gasteiger partial charge in [-0.25, -0.2) is 4.79 Å². The number of carbonyl (C=O) groups is 2. The second-order valence-corrected chi connectivity index (χ2v) is 7.47. The maximum Gasteiger partial charge on any atom is 0.340 e. The molecule has 3 aromatic carbocycles. The molecule has 7 nitrogen and oxygen atoms in total. The van der Waals surface area contributed by atoms with Crippen molar-refractivity contribution in [1.29, 1.82) is 0 Å². The Morgan fingerprint density at radius 3 is 2.55 bits per heavy atom. The highest BCUT2D eigenvalue weighted by Crippen LogP contribution is 2.59. The molecule has 2 aliphatic rings. The minimum atomic E-state index is -1.37. The van der Waals surface area contributed by atoms with Crippen LogP contribution in [0, 0.1) is 0 Å². The molecule has 2 heterocycles. The number of nitrogens with one attached hydrogen (secondary N) is 1. The van der Waals surface area contributed by atoms with Gasteiger partial charge in [-0.1, -0.05) is 24.8 Å². The van der Waals surface area contributed by atoms with E-state index >= 15 is 0 Å². The summed E-state index contributed by atoms with van der Waals surface area (Å²) in [6.45, 7) is 5.15. The molecular weight excluding hydrogens is 398 g/mol. The molecule has 0 saturated carbocycles. The van der Waals surface area contributed by atoms with Crippen molar-refractivity contribution < 1.29 is 29.3 Å². The third-order valence-electron chi connectivity index (χ3n) is 5.47. The highest BCUT2D eigenvalue weighted by atomic mass is 16.6. The molecule has 7 heteroatoms. The number of amides is 1. The van der Waals surface area contributed by atoms with Gasteiger partial charge in [0.1, 0.15) is 22.9 Å². The number of anilines is 1. The van der Waals surface area contributed by atoms with Crippen LogP contribution in [0.3, 0.4) is 0 Å². The van der Waals surface area contributed by atoms with Gasteiger partial charge in [-0.15, -0.1) is 0 Å². The van der Waals surface area contributed by atoms with E-state index < -0.39 is 17.5 Å². The average Bonchev–Trinajstić information content (AvgIpc) is 3.03. The maximum absolute atomic E-state index is 12.8. The summed E-state index contributed by atoms with van der Waals surface area (Å²) < 4.78 is 12.0. The second-order valence-electron chi connectivity index (χ2n) is 7.47. The van der Waals surface area contributed by atoms with Crippen molar-refractivity contribution in [3.8, 4) is 23.0 Å². The van der Waals surface area contributed by atoms with E-state index in [1.54, 1.807) is 36.4 Å². The van der Waals surface area contributed by atoms with Gasteiger partial charge in [0.05, 0.1) is 11.1 Å². The fourth-order valence-electron chi connectivity index (χ4n) is 4.06. The van der Waals surface area contributed by atoms with Gasteiger partial charge >= 0.3 is 5.97 Å². The predicted molar refractivity (Wildman–Crippen MR) is 111 cm³/mol. The van der Waals surface area contributed by atoms with Crippen molar-refractivity contribution in [3.05, 3.63) is 89.0 Å². The molecular formula is C24H17NO6. The van der Waals surface area contributed by atoms with Crippen LogP contribution in [0.2, 0.25) is 0 Å². The summed E-state index contributed by atoms with van der Waals surface area (Å²) in [4.78, 5) is 25.1. The molecule has 154 valence electrons. The topological polar surface area (TPSA) is 105 Å². The Bertz CT molecular complexity index is 1310. The summed E-state index contributed by atoms with van der Waals surface area (Å²) in [6, 6.07) is 14.5. The van der Waals surface area contributed by atoms with E-state index in [1.165, 1.54) is 25.1 Å². The molecule has 0 bridgehead atoms. The first-order chi connectivity index (χ1) is 14.8. The number of aromatic hydroxyl groups is 2. The lowest BCUT2D eigenvalue weighted by molar-refractivity contribution is -0.112. The van der Waals surface area contributed by atoms with Crippen LogP contribution in [0.5, 0.6) is 23.0 Å². The summed E-state index contributed by atoms with van der Waals surface area (Å²) >= 11 is 0. The fraction of sp³-hybridized carbons (Fsp3) is 0.0833. The van der Waals surface area contributed by atoms with E-state index in [9.17, 15) is 19.8 Å². The summed E-state index contributed by atoms with van der Waals surface area (Å²) in [5.74, 6) is -0.965. The zero-order valence-corrected chi connectivity index (χ0v) is 16.4. The number of benzene rings is 3. The molecule has 0 aliphatic carbocycles. The van der Waals surface area contributed by atoms with Gasteiger partial charge in [-0.05, 0) is 37.3 Å². The van der Waals surface area contributed by atoms with Crippen molar-refractivity contribution in [2.45, 2.75) is 12.5 Å².